The van der Waals surface area contributed by atoms with E-state index in [0.29, 0.717) is 5.39 Å². The van der Waals surface area contributed by atoms with Crippen LogP contribution in [-0.2, 0) is 0 Å². The van der Waals surface area contributed by atoms with Crippen LogP contribution < -0.4 is 0 Å². The number of aromatic nitrogens is 1. The molecule has 1 nitrogen and oxygen atoms in total. The van der Waals surface area contributed by atoms with Crippen molar-refractivity contribution in [3.05, 3.63) is 39.7 Å². The molecule has 0 spiro atoms. The van der Waals surface area contributed by atoms with Crippen LogP contribution in [0.1, 0.15) is 11.3 Å². The summed E-state index contributed by atoms with van der Waals surface area (Å²) in [7, 11) is 0. The number of aryl methyl sites for hydroxylation is 2. The van der Waals surface area contributed by atoms with E-state index >= 15 is 0 Å². The van der Waals surface area contributed by atoms with Crippen molar-refractivity contribution >= 4 is 26.8 Å². The van der Waals surface area contributed by atoms with Gasteiger partial charge in [-0.05, 0) is 47.5 Å². The molecule has 0 amide bonds. The van der Waals surface area contributed by atoms with E-state index in [-0.39, 0.29) is 5.82 Å². The van der Waals surface area contributed by atoms with Gasteiger partial charge in [0.15, 0.2) is 0 Å². The van der Waals surface area contributed by atoms with Gasteiger partial charge < -0.3 is 0 Å². The third-order valence-corrected chi connectivity index (χ3v) is 2.82. The van der Waals surface area contributed by atoms with Gasteiger partial charge in [0.25, 0.3) is 0 Å². The Kier molecular flexibility index (Phi) is 2.27. The summed E-state index contributed by atoms with van der Waals surface area (Å²) < 4.78 is 14.3. The van der Waals surface area contributed by atoms with E-state index in [1.54, 1.807) is 6.07 Å². The molecule has 0 radical (unpaired) electrons. The number of pyridine rings is 1. The second-order valence-electron chi connectivity index (χ2n) is 3.33. The zero-order chi connectivity index (χ0) is 10.3. The zero-order valence-electron chi connectivity index (χ0n) is 7.94. The van der Waals surface area contributed by atoms with Crippen molar-refractivity contribution in [3.8, 4) is 0 Å². The largest absolute Gasteiger partial charge is 0.253 e. The first-order chi connectivity index (χ1) is 6.59. The van der Waals surface area contributed by atoms with Crippen molar-refractivity contribution < 1.29 is 4.39 Å². The SMILES string of the molecule is Cc1cc(Br)c2c(F)ccc(C)c2n1. The van der Waals surface area contributed by atoms with E-state index in [1.807, 2.05) is 19.9 Å². The lowest BCUT2D eigenvalue weighted by Gasteiger charge is -2.05. The number of rotatable bonds is 0. The fourth-order valence-electron chi connectivity index (χ4n) is 1.51. The minimum absolute atomic E-state index is 0.232. The van der Waals surface area contributed by atoms with Crippen LogP contribution in [0.25, 0.3) is 10.9 Å². The molecule has 14 heavy (non-hydrogen) atoms. The first-order valence-corrected chi connectivity index (χ1v) is 5.11. The number of hydrogen-bond acceptors (Lipinski definition) is 1. The van der Waals surface area contributed by atoms with Gasteiger partial charge in [0.2, 0.25) is 0 Å². The number of benzene rings is 1. The summed E-state index contributed by atoms with van der Waals surface area (Å²) >= 11 is 3.35. The van der Waals surface area contributed by atoms with Crippen molar-refractivity contribution in [2.24, 2.45) is 0 Å². The average molecular weight is 254 g/mol. The molecule has 0 fully saturated rings. The van der Waals surface area contributed by atoms with E-state index in [2.05, 4.69) is 20.9 Å². The molecule has 0 bridgehead atoms. The van der Waals surface area contributed by atoms with Gasteiger partial charge in [-0.1, -0.05) is 6.07 Å². The van der Waals surface area contributed by atoms with Gasteiger partial charge >= 0.3 is 0 Å². The summed E-state index contributed by atoms with van der Waals surface area (Å²) in [5, 5.41) is 0.565. The quantitative estimate of drug-likeness (QED) is 0.697. The van der Waals surface area contributed by atoms with Crippen LogP contribution >= 0.6 is 15.9 Å². The molecule has 1 aromatic carbocycles. The van der Waals surface area contributed by atoms with Crippen LogP contribution in [-0.4, -0.2) is 4.98 Å². The van der Waals surface area contributed by atoms with Gasteiger partial charge in [0.1, 0.15) is 5.82 Å². The van der Waals surface area contributed by atoms with Crippen LogP contribution in [0.2, 0.25) is 0 Å². The highest BCUT2D eigenvalue weighted by molar-refractivity contribution is 9.10. The summed E-state index contributed by atoms with van der Waals surface area (Å²) in [6.07, 6.45) is 0. The molecule has 3 heteroatoms. The second kappa shape index (κ2) is 3.31. The van der Waals surface area contributed by atoms with E-state index < -0.39 is 0 Å². The molecule has 72 valence electrons. The van der Waals surface area contributed by atoms with Crippen molar-refractivity contribution in [1.82, 2.24) is 4.98 Å². The predicted molar refractivity (Wildman–Crippen MR) is 58.9 cm³/mol. The van der Waals surface area contributed by atoms with Crippen molar-refractivity contribution in [3.63, 3.8) is 0 Å². The molecule has 0 saturated carbocycles. The zero-order valence-corrected chi connectivity index (χ0v) is 9.52. The molecule has 0 unspecified atom stereocenters. The van der Waals surface area contributed by atoms with Gasteiger partial charge in [-0.15, -0.1) is 0 Å². The molecular weight excluding hydrogens is 245 g/mol. The Balaban J connectivity index is 3.00. The lowest BCUT2D eigenvalue weighted by molar-refractivity contribution is 0.639. The Labute approximate surface area is 90.1 Å². The number of nitrogens with zero attached hydrogens (tertiary/aromatic N) is 1. The summed E-state index contributed by atoms with van der Waals surface area (Å²) in [5.74, 6) is -0.232. The smallest absolute Gasteiger partial charge is 0.133 e. The van der Waals surface area contributed by atoms with Gasteiger partial charge in [0, 0.05) is 10.2 Å². The van der Waals surface area contributed by atoms with Crippen LogP contribution in [0.5, 0.6) is 0 Å². The van der Waals surface area contributed by atoms with Crippen LogP contribution in [0.15, 0.2) is 22.7 Å². The molecule has 0 aliphatic heterocycles. The molecule has 0 N–H and O–H groups in total. The predicted octanol–water partition coefficient (Wildman–Crippen LogP) is 3.75. The average Bonchev–Trinajstić information content (AvgIpc) is 2.10. The molecule has 0 saturated heterocycles. The van der Waals surface area contributed by atoms with Gasteiger partial charge in [-0.2, -0.15) is 0 Å². The molecule has 1 aromatic heterocycles. The highest BCUT2D eigenvalue weighted by atomic mass is 79.9. The fraction of sp³-hybridized carbons (Fsp3) is 0.182. The van der Waals surface area contributed by atoms with Crippen molar-refractivity contribution in [1.29, 1.82) is 0 Å². The molecule has 1 heterocycles. The van der Waals surface area contributed by atoms with Gasteiger partial charge in [-0.3, -0.25) is 4.98 Å². The molecule has 0 atom stereocenters. The monoisotopic (exact) mass is 253 g/mol. The van der Waals surface area contributed by atoms with Crippen molar-refractivity contribution in [2.75, 3.05) is 0 Å². The standard InChI is InChI=1S/C11H9BrFN/c1-6-3-4-9(13)10-8(12)5-7(2)14-11(6)10/h3-5H,1-2H3. The Bertz CT molecular complexity index is 508. The van der Waals surface area contributed by atoms with Crippen LogP contribution in [0.3, 0.4) is 0 Å². The minimum atomic E-state index is -0.232. The Hall–Kier alpha value is -0.960. The van der Waals surface area contributed by atoms with Crippen LogP contribution in [0, 0.1) is 19.7 Å². The van der Waals surface area contributed by atoms with Gasteiger partial charge in [-0.25, -0.2) is 4.39 Å². The Morgan fingerprint density at radius 1 is 1.29 bits per heavy atom. The Morgan fingerprint density at radius 3 is 2.71 bits per heavy atom. The van der Waals surface area contributed by atoms with E-state index in [4.69, 9.17) is 0 Å². The normalized spacial score (nSPS) is 10.9. The topological polar surface area (TPSA) is 12.9 Å². The number of hydrogen-bond donors (Lipinski definition) is 0. The second-order valence-corrected chi connectivity index (χ2v) is 4.19. The third-order valence-electron chi connectivity index (χ3n) is 2.19. The molecular formula is C11H9BrFN. The van der Waals surface area contributed by atoms with Crippen molar-refractivity contribution in [2.45, 2.75) is 13.8 Å². The molecule has 2 aromatic rings. The maximum atomic E-state index is 13.5. The molecule has 2 rings (SSSR count). The van der Waals surface area contributed by atoms with Crippen LogP contribution in [0.4, 0.5) is 4.39 Å². The maximum absolute atomic E-state index is 13.5. The summed E-state index contributed by atoms with van der Waals surface area (Å²) in [4.78, 5) is 4.33. The maximum Gasteiger partial charge on any atom is 0.133 e. The lowest BCUT2D eigenvalue weighted by Crippen LogP contribution is -1.91. The highest BCUT2D eigenvalue weighted by Crippen LogP contribution is 2.27. The minimum Gasteiger partial charge on any atom is -0.253 e. The number of fused-ring (bicyclic) bond motifs is 1. The first-order valence-electron chi connectivity index (χ1n) is 4.31. The van der Waals surface area contributed by atoms with E-state index in [9.17, 15) is 4.39 Å². The highest BCUT2D eigenvalue weighted by Gasteiger charge is 2.08. The molecule has 0 aliphatic rings. The number of halogens is 2. The first kappa shape index (κ1) is 9.59. The fourth-order valence-corrected chi connectivity index (χ4v) is 2.21. The van der Waals surface area contributed by atoms with Gasteiger partial charge in [0.05, 0.1) is 10.9 Å². The van der Waals surface area contributed by atoms with E-state index in [0.717, 1.165) is 21.2 Å². The summed E-state index contributed by atoms with van der Waals surface area (Å²) in [5.41, 5.74) is 2.61. The van der Waals surface area contributed by atoms with E-state index in [1.165, 1.54) is 6.07 Å². The summed E-state index contributed by atoms with van der Waals surface area (Å²) in [6.45, 7) is 3.83. The summed E-state index contributed by atoms with van der Waals surface area (Å²) in [6, 6.07) is 5.04. The third kappa shape index (κ3) is 1.42. The lowest BCUT2D eigenvalue weighted by atomic mass is 10.1. The Morgan fingerprint density at radius 2 is 2.00 bits per heavy atom. The molecule has 0 aliphatic carbocycles.